The second-order valence-corrected chi connectivity index (χ2v) is 4.95. The van der Waals surface area contributed by atoms with Gasteiger partial charge in [-0.3, -0.25) is 0 Å². The highest BCUT2D eigenvalue weighted by atomic mass is 14.6. The van der Waals surface area contributed by atoms with E-state index in [0.717, 1.165) is 0 Å². The molecule has 0 saturated heterocycles. The molecule has 12 heavy (non-hydrogen) atoms. The fraction of sp³-hybridized carbons (Fsp3) is 1.00. The van der Waals surface area contributed by atoms with Crippen molar-refractivity contribution in [1.82, 2.24) is 0 Å². The Morgan fingerprint density at radius 2 is 1.75 bits per heavy atom. The summed E-state index contributed by atoms with van der Waals surface area (Å²) in [6, 6.07) is 0.334. The van der Waals surface area contributed by atoms with Gasteiger partial charge in [-0.15, -0.1) is 0 Å². The fourth-order valence-electron chi connectivity index (χ4n) is 1.84. The average Bonchev–Trinajstić information content (AvgIpc) is 1.85. The van der Waals surface area contributed by atoms with Crippen molar-refractivity contribution in [2.24, 2.45) is 17.1 Å². The van der Waals surface area contributed by atoms with Crippen molar-refractivity contribution in [1.29, 1.82) is 0 Å². The zero-order valence-corrected chi connectivity index (χ0v) is 9.35. The van der Waals surface area contributed by atoms with Gasteiger partial charge in [-0.1, -0.05) is 34.1 Å². The predicted molar refractivity (Wildman–Crippen MR) is 56.1 cm³/mol. The van der Waals surface area contributed by atoms with Crippen LogP contribution in [0.2, 0.25) is 0 Å². The minimum absolute atomic E-state index is 0.334. The highest BCUT2D eigenvalue weighted by molar-refractivity contribution is 4.74. The maximum absolute atomic E-state index is 5.84. The van der Waals surface area contributed by atoms with Gasteiger partial charge < -0.3 is 5.73 Å². The number of rotatable bonds is 5. The quantitative estimate of drug-likeness (QED) is 0.675. The Bertz CT molecular complexity index is 116. The Morgan fingerprint density at radius 1 is 1.25 bits per heavy atom. The SMILES string of the molecule is CCCC(C)(C)CC(C)C(C)N. The molecule has 0 aromatic heterocycles. The van der Waals surface area contributed by atoms with Gasteiger partial charge in [0.2, 0.25) is 0 Å². The van der Waals surface area contributed by atoms with Gasteiger partial charge in [-0.05, 0) is 31.1 Å². The van der Waals surface area contributed by atoms with Crippen molar-refractivity contribution in [3.63, 3.8) is 0 Å². The van der Waals surface area contributed by atoms with Crippen molar-refractivity contribution in [2.45, 2.75) is 59.9 Å². The smallest absolute Gasteiger partial charge is 0.00363 e. The molecule has 0 heterocycles. The molecule has 2 N–H and O–H groups in total. The molecule has 0 amide bonds. The molecular formula is C11H25N. The number of hydrogen-bond donors (Lipinski definition) is 1. The zero-order chi connectivity index (χ0) is 9.78. The summed E-state index contributed by atoms with van der Waals surface area (Å²) in [6.07, 6.45) is 3.83. The van der Waals surface area contributed by atoms with Crippen LogP contribution in [-0.2, 0) is 0 Å². The molecule has 0 rings (SSSR count). The van der Waals surface area contributed by atoms with Crippen molar-refractivity contribution < 1.29 is 0 Å². The Morgan fingerprint density at radius 3 is 2.08 bits per heavy atom. The maximum atomic E-state index is 5.84. The molecule has 0 spiro atoms. The molecule has 1 nitrogen and oxygen atoms in total. The van der Waals surface area contributed by atoms with Gasteiger partial charge in [0.15, 0.2) is 0 Å². The van der Waals surface area contributed by atoms with Crippen LogP contribution in [0.4, 0.5) is 0 Å². The Kier molecular flexibility index (Phi) is 4.84. The minimum atomic E-state index is 0.334. The van der Waals surface area contributed by atoms with E-state index < -0.39 is 0 Å². The van der Waals surface area contributed by atoms with Crippen LogP contribution >= 0.6 is 0 Å². The van der Waals surface area contributed by atoms with Crippen molar-refractivity contribution in [3.8, 4) is 0 Å². The monoisotopic (exact) mass is 171 g/mol. The summed E-state index contributed by atoms with van der Waals surface area (Å²) in [7, 11) is 0. The third-order valence-electron chi connectivity index (χ3n) is 2.70. The second-order valence-electron chi connectivity index (χ2n) is 4.95. The molecule has 2 unspecified atom stereocenters. The van der Waals surface area contributed by atoms with Crippen molar-refractivity contribution >= 4 is 0 Å². The van der Waals surface area contributed by atoms with Gasteiger partial charge >= 0.3 is 0 Å². The zero-order valence-electron chi connectivity index (χ0n) is 9.35. The van der Waals surface area contributed by atoms with Crippen LogP contribution in [0, 0.1) is 11.3 Å². The Labute approximate surface area is 77.7 Å². The van der Waals surface area contributed by atoms with E-state index in [1.165, 1.54) is 19.3 Å². The second kappa shape index (κ2) is 4.86. The first-order valence-corrected chi connectivity index (χ1v) is 5.14. The lowest BCUT2D eigenvalue weighted by atomic mass is 9.78. The van der Waals surface area contributed by atoms with E-state index in [1.54, 1.807) is 0 Å². The molecule has 0 saturated carbocycles. The predicted octanol–water partition coefficient (Wildman–Crippen LogP) is 3.19. The molecule has 0 aromatic rings. The fourth-order valence-corrected chi connectivity index (χ4v) is 1.84. The molecule has 0 bridgehead atoms. The Balaban J connectivity index is 3.87. The summed E-state index contributed by atoms with van der Waals surface area (Å²) in [4.78, 5) is 0. The molecule has 0 aromatic carbocycles. The molecule has 0 radical (unpaired) electrons. The highest BCUT2D eigenvalue weighted by Gasteiger charge is 2.21. The average molecular weight is 171 g/mol. The van der Waals surface area contributed by atoms with Gasteiger partial charge in [-0.25, -0.2) is 0 Å². The van der Waals surface area contributed by atoms with Crippen LogP contribution in [0.25, 0.3) is 0 Å². The summed E-state index contributed by atoms with van der Waals surface area (Å²) < 4.78 is 0. The van der Waals surface area contributed by atoms with E-state index in [0.29, 0.717) is 17.4 Å². The molecule has 74 valence electrons. The standard InChI is InChI=1S/C11H25N/c1-6-7-11(4,5)8-9(2)10(3)12/h9-10H,6-8,12H2,1-5H3. The van der Waals surface area contributed by atoms with Crippen LogP contribution < -0.4 is 5.73 Å². The van der Waals surface area contributed by atoms with Crippen LogP contribution in [0.1, 0.15) is 53.9 Å². The van der Waals surface area contributed by atoms with Gasteiger partial charge in [0.05, 0.1) is 0 Å². The molecule has 0 aliphatic carbocycles. The molecule has 0 fully saturated rings. The number of nitrogens with two attached hydrogens (primary N) is 1. The molecule has 1 heteroatoms. The summed E-state index contributed by atoms with van der Waals surface area (Å²) in [5, 5.41) is 0. The topological polar surface area (TPSA) is 26.0 Å². The third-order valence-corrected chi connectivity index (χ3v) is 2.70. The van der Waals surface area contributed by atoms with Gasteiger partial charge in [-0.2, -0.15) is 0 Å². The molecule has 2 atom stereocenters. The summed E-state index contributed by atoms with van der Waals surface area (Å²) in [5.74, 6) is 0.645. The third kappa shape index (κ3) is 4.76. The summed E-state index contributed by atoms with van der Waals surface area (Å²) in [5.41, 5.74) is 6.31. The normalized spacial score (nSPS) is 17.5. The first-order chi connectivity index (χ1) is 5.39. The van der Waals surface area contributed by atoms with Crippen LogP contribution in [-0.4, -0.2) is 6.04 Å². The minimum Gasteiger partial charge on any atom is -0.328 e. The molecule has 0 aliphatic rings. The van der Waals surface area contributed by atoms with Gasteiger partial charge in [0, 0.05) is 6.04 Å². The van der Waals surface area contributed by atoms with E-state index in [2.05, 4.69) is 34.6 Å². The van der Waals surface area contributed by atoms with E-state index >= 15 is 0 Å². The van der Waals surface area contributed by atoms with Crippen molar-refractivity contribution in [2.75, 3.05) is 0 Å². The first kappa shape index (κ1) is 12.0. The lowest BCUT2D eigenvalue weighted by Gasteiger charge is -2.29. The number of hydrogen-bond acceptors (Lipinski definition) is 1. The van der Waals surface area contributed by atoms with E-state index in [9.17, 15) is 0 Å². The summed E-state index contributed by atoms with van der Waals surface area (Å²) in [6.45, 7) is 11.3. The van der Waals surface area contributed by atoms with Crippen LogP contribution in [0.15, 0.2) is 0 Å². The summed E-state index contributed by atoms with van der Waals surface area (Å²) >= 11 is 0. The Hall–Kier alpha value is -0.0400. The maximum Gasteiger partial charge on any atom is 0.00363 e. The van der Waals surface area contributed by atoms with Crippen LogP contribution in [0.5, 0.6) is 0 Å². The van der Waals surface area contributed by atoms with E-state index in [1.807, 2.05) is 0 Å². The lowest BCUT2D eigenvalue weighted by molar-refractivity contribution is 0.238. The lowest BCUT2D eigenvalue weighted by Crippen LogP contribution is -2.28. The van der Waals surface area contributed by atoms with Gasteiger partial charge in [0.25, 0.3) is 0 Å². The highest BCUT2D eigenvalue weighted by Crippen LogP contribution is 2.31. The first-order valence-electron chi connectivity index (χ1n) is 5.14. The molecular weight excluding hydrogens is 146 g/mol. The van der Waals surface area contributed by atoms with Crippen molar-refractivity contribution in [3.05, 3.63) is 0 Å². The molecule has 0 aliphatic heterocycles. The van der Waals surface area contributed by atoms with E-state index in [-0.39, 0.29) is 0 Å². The van der Waals surface area contributed by atoms with Crippen LogP contribution in [0.3, 0.4) is 0 Å². The van der Waals surface area contributed by atoms with Gasteiger partial charge in [0.1, 0.15) is 0 Å². The largest absolute Gasteiger partial charge is 0.328 e. The van der Waals surface area contributed by atoms with E-state index in [4.69, 9.17) is 5.73 Å².